The molecular weight excluding hydrogens is 431 g/mol. The Morgan fingerprint density at radius 1 is 0.935 bits per heavy atom. The molecule has 0 aliphatic carbocycles. The topological polar surface area (TPSA) is 33.1 Å². The molecule has 31 heavy (non-hydrogen) atoms. The Kier molecular flexibility index (Phi) is 5.18. The van der Waals surface area contributed by atoms with Crippen LogP contribution in [-0.4, -0.2) is 14.7 Å². The summed E-state index contributed by atoms with van der Waals surface area (Å²) in [5.41, 5.74) is 3.64. The van der Waals surface area contributed by atoms with Gasteiger partial charge in [0.2, 0.25) is 0 Å². The van der Waals surface area contributed by atoms with E-state index >= 15 is 0 Å². The van der Waals surface area contributed by atoms with E-state index in [2.05, 4.69) is 20.9 Å². The maximum atomic E-state index is 13.6. The van der Waals surface area contributed by atoms with Crippen molar-refractivity contribution in [3.05, 3.63) is 113 Å². The van der Waals surface area contributed by atoms with E-state index in [1.165, 1.54) is 12.1 Å². The molecule has 1 saturated heterocycles. The molecule has 2 aromatic heterocycles. The van der Waals surface area contributed by atoms with Gasteiger partial charge in [0.25, 0.3) is 0 Å². The van der Waals surface area contributed by atoms with Crippen LogP contribution in [0.25, 0.3) is 5.69 Å². The summed E-state index contributed by atoms with van der Waals surface area (Å²) in [5.74, 6) is -0.290. The van der Waals surface area contributed by atoms with Crippen LogP contribution in [0.15, 0.2) is 91.3 Å². The van der Waals surface area contributed by atoms with E-state index in [1.54, 1.807) is 18.3 Å². The molecule has 0 spiro atoms. The van der Waals surface area contributed by atoms with Gasteiger partial charge in [-0.25, -0.2) is 4.39 Å². The maximum Gasteiger partial charge on any atom is 0.174 e. The summed E-state index contributed by atoms with van der Waals surface area (Å²) >= 11 is 12.0. The smallest absolute Gasteiger partial charge is 0.174 e. The van der Waals surface area contributed by atoms with Crippen LogP contribution >= 0.6 is 23.8 Å². The van der Waals surface area contributed by atoms with Crippen molar-refractivity contribution in [3.63, 3.8) is 0 Å². The Balaban J connectivity index is 1.67. The molecule has 1 aliphatic rings. The van der Waals surface area contributed by atoms with Crippen LogP contribution in [-0.2, 0) is 0 Å². The zero-order chi connectivity index (χ0) is 21.4. The summed E-state index contributed by atoms with van der Waals surface area (Å²) < 4.78 is 15.7. The minimum Gasteiger partial charge on any atom is -0.351 e. The van der Waals surface area contributed by atoms with Crippen molar-refractivity contribution in [2.75, 3.05) is 4.90 Å². The first-order valence-corrected chi connectivity index (χ1v) is 10.6. The van der Waals surface area contributed by atoms with Gasteiger partial charge in [-0.1, -0.05) is 23.7 Å². The van der Waals surface area contributed by atoms with E-state index in [1.807, 2.05) is 59.6 Å². The molecule has 5 rings (SSSR count). The summed E-state index contributed by atoms with van der Waals surface area (Å²) in [4.78, 5) is 6.59. The van der Waals surface area contributed by atoms with E-state index < -0.39 is 0 Å². The average molecular weight is 449 g/mol. The van der Waals surface area contributed by atoms with Gasteiger partial charge in [0, 0.05) is 34.5 Å². The summed E-state index contributed by atoms with van der Waals surface area (Å²) in [6.07, 6.45) is 3.77. The number of rotatable bonds is 4. The molecule has 2 atom stereocenters. The minimum atomic E-state index is -0.290. The monoisotopic (exact) mass is 448 g/mol. The SMILES string of the molecule is Fc1ccc(N2C(=S)N[C@H](c3ccccn3)[C@H]2c2cccn2-c2cccc(Cl)c2)cc1. The number of hydrogen-bond donors (Lipinski definition) is 1. The van der Waals surface area contributed by atoms with Crippen LogP contribution in [0, 0.1) is 5.82 Å². The number of halogens is 2. The van der Waals surface area contributed by atoms with Gasteiger partial charge in [0.1, 0.15) is 11.9 Å². The van der Waals surface area contributed by atoms with Crippen molar-refractivity contribution in [2.24, 2.45) is 0 Å². The summed E-state index contributed by atoms with van der Waals surface area (Å²) in [6, 6.07) is 23.6. The number of thiocarbonyl (C=S) groups is 1. The lowest BCUT2D eigenvalue weighted by atomic mass is 10.0. The number of hydrogen-bond acceptors (Lipinski definition) is 2. The second-order valence-electron chi connectivity index (χ2n) is 7.26. The second kappa shape index (κ2) is 8.13. The highest BCUT2D eigenvalue weighted by molar-refractivity contribution is 7.80. The maximum absolute atomic E-state index is 13.6. The predicted molar refractivity (Wildman–Crippen MR) is 125 cm³/mol. The van der Waals surface area contributed by atoms with Crippen molar-refractivity contribution in [1.82, 2.24) is 14.9 Å². The molecule has 1 fully saturated rings. The minimum absolute atomic E-state index is 0.188. The van der Waals surface area contributed by atoms with Gasteiger partial charge < -0.3 is 14.8 Å². The Hall–Kier alpha value is -3.22. The molecule has 1 aliphatic heterocycles. The quantitative estimate of drug-likeness (QED) is 0.397. The average Bonchev–Trinajstić information content (AvgIpc) is 3.39. The summed E-state index contributed by atoms with van der Waals surface area (Å²) in [7, 11) is 0. The molecule has 0 bridgehead atoms. The zero-order valence-electron chi connectivity index (χ0n) is 16.3. The Labute approximate surface area is 189 Å². The summed E-state index contributed by atoms with van der Waals surface area (Å²) in [6.45, 7) is 0. The fraction of sp³-hybridized carbons (Fsp3) is 0.0833. The molecule has 0 amide bonds. The zero-order valence-corrected chi connectivity index (χ0v) is 17.9. The standard InChI is InChI=1S/C24H18ClFN4S/c25-16-5-3-6-19(15-16)29-14-4-8-21(29)23-22(20-7-1-2-13-27-20)28-24(31)30(23)18-11-9-17(26)10-12-18/h1-15,22-23H,(H,28,31)/t22-,23-/m1/s1. The van der Waals surface area contributed by atoms with E-state index in [0.717, 1.165) is 22.8 Å². The van der Waals surface area contributed by atoms with E-state index in [9.17, 15) is 4.39 Å². The molecule has 7 heteroatoms. The lowest BCUT2D eigenvalue weighted by Gasteiger charge is -2.29. The molecular formula is C24H18ClFN4S. The lowest BCUT2D eigenvalue weighted by molar-refractivity contribution is 0.549. The van der Waals surface area contributed by atoms with E-state index in [0.29, 0.717) is 10.1 Å². The van der Waals surface area contributed by atoms with E-state index in [-0.39, 0.29) is 17.9 Å². The largest absolute Gasteiger partial charge is 0.351 e. The molecule has 2 aromatic carbocycles. The third kappa shape index (κ3) is 3.69. The fourth-order valence-corrected chi connectivity index (χ4v) is 4.56. The molecule has 0 saturated carbocycles. The van der Waals surface area contributed by atoms with Gasteiger partial charge in [0.05, 0.1) is 11.7 Å². The number of pyridine rings is 1. The second-order valence-corrected chi connectivity index (χ2v) is 8.08. The normalized spacial score (nSPS) is 18.3. The van der Waals surface area contributed by atoms with Crippen molar-refractivity contribution < 1.29 is 4.39 Å². The van der Waals surface area contributed by atoms with Crippen LogP contribution in [0.1, 0.15) is 23.5 Å². The van der Waals surface area contributed by atoms with Crippen molar-refractivity contribution >= 4 is 34.6 Å². The van der Waals surface area contributed by atoms with Crippen LogP contribution < -0.4 is 10.2 Å². The number of nitrogens with zero attached hydrogens (tertiary/aromatic N) is 3. The van der Waals surface area contributed by atoms with Crippen LogP contribution in [0.5, 0.6) is 0 Å². The van der Waals surface area contributed by atoms with Crippen molar-refractivity contribution in [2.45, 2.75) is 12.1 Å². The number of nitrogens with one attached hydrogen (secondary N) is 1. The van der Waals surface area contributed by atoms with Crippen LogP contribution in [0.2, 0.25) is 5.02 Å². The van der Waals surface area contributed by atoms with Crippen LogP contribution in [0.4, 0.5) is 10.1 Å². The molecule has 0 unspecified atom stereocenters. The highest BCUT2D eigenvalue weighted by Crippen LogP contribution is 2.42. The van der Waals surface area contributed by atoms with Gasteiger partial charge in [-0.05, 0) is 78.9 Å². The number of aromatic nitrogens is 2. The molecule has 4 aromatic rings. The van der Waals surface area contributed by atoms with Crippen LogP contribution in [0.3, 0.4) is 0 Å². The van der Waals surface area contributed by atoms with Crippen molar-refractivity contribution in [1.29, 1.82) is 0 Å². The molecule has 1 N–H and O–H groups in total. The fourth-order valence-electron chi connectivity index (χ4n) is 4.03. The first-order chi connectivity index (χ1) is 15.1. The number of anilines is 1. The summed E-state index contributed by atoms with van der Waals surface area (Å²) in [5, 5.41) is 4.65. The molecule has 4 nitrogen and oxygen atoms in total. The third-order valence-electron chi connectivity index (χ3n) is 5.37. The Bertz CT molecular complexity index is 1230. The van der Waals surface area contributed by atoms with Gasteiger partial charge in [-0.15, -0.1) is 0 Å². The Morgan fingerprint density at radius 3 is 2.52 bits per heavy atom. The highest BCUT2D eigenvalue weighted by atomic mass is 35.5. The number of benzene rings is 2. The predicted octanol–water partition coefficient (Wildman–Crippen LogP) is 5.84. The van der Waals surface area contributed by atoms with Gasteiger partial charge in [-0.3, -0.25) is 4.98 Å². The first kappa shape index (κ1) is 19.7. The van der Waals surface area contributed by atoms with Gasteiger partial charge >= 0.3 is 0 Å². The van der Waals surface area contributed by atoms with E-state index in [4.69, 9.17) is 23.8 Å². The lowest BCUT2D eigenvalue weighted by Crippen LogP contribution is -2.30. The molecule has 0 radical (unpaired) electrons. The Morgan fingerprint density at radius 2 is 1.77 bits per heavy atom. The van der Waals surface area contributed by atoms with Gasteiger partial charge in [-0.2, -0.15) is 0 Å². The third-order valence-corrected chi connectivity index (χ3v) is 5.92. The highest BCUT2D eigenvalue weighted by Gasteiger charge is 2.42. The molecule has 154 valence electrons. The van der Waals surface area contributed by atoms with Crippen molar-refractivity contribution in [3.8, 4) is 5.69 Å². The van der Waals surface area contributed by atoms with Gasteiger partial charge in [0.15, 0.2) is 5.11 Å². The first-order valence-electron chi connectivity index (χ1n) is 9.81. The molecule has 3 heterocycles.